The summed E-state index contributed by atoms with van der Waals surface area (Å²) in [5.74, 6) is 0.325. The van der Waals surface area contributed by atoms with Gasteiger partial charge < -0.3 is 19.3 Å². The normalized spacial score (nSPS) is 15.7. The molecule has 0 saturated heterocycles. The van der Waals surface area contributed by atoms with Crippen molar-refractivity contribution in [1.29, 1.82) is 0 Å². The Kier molecular flexibility index (Phi) is 8.79. The molecule has 2 aromatic rings. The van der Waals surface area contributed by atoms with Gasteiger partial charge in [0.25, 0.3) is 0 Å². The molecule has 3 rings (SSSR count). The minimum absolute atomic E-state index is 0.0481. The van der Waals surface area contributed by atoms with E-state index in [1.54, 1.807) is 19.1 Å². The molecule has 33 heavy (non-hydrogen) atoms. The van der Waals surface area contributed by atoms with Crippen molar-refractivity contribution >= 4 is 50.5 Å². The van der Waals surface area contributed by atoms with E-state index in [0.717, 1.165) is 5.56 Å². The lowest BCUT2D eigenvalue weighted by Gasteiger charge is -2.14. The molecule has 0 amide bonds. The number of aliphatic hydroxyl groups is 1. The van der Waals surface area contributed by atoms with E-state index < -0.39 is 5.97 Å². The lowest BCUT2D eigenvalue weighted by molar-refractivity contribution is -0.138. The predicted octanol–water partition coefficient (Wildman–Crippen LogP) is 6.61. The Balaban J connectivity index is 2.04. The molecule has 0 atom stereocenters. The molecule has 0 aliphatic carbocycles. The van der Waals surface area contributed by atoms with Crippen molar-refractivity contribution in [1.82, 2.24) is 0 Å². The first-order chi connectivity index (χ1) is 16.0. The van der Waals surface area contributed by atoms with Crippen LogP contribution in [-0.4, -0.2) is 35.9 Å². The van der Waals surface area contributed by atoms with Gasteiger partial charge in [-0.25, -0.2) is 9.79 Å². The van der Waals surface area contributed by atoms with Crippen molar-refractivity contribution in [3.05, 3.63) is 81.4 Å². The van der Waals surface area contributed by atoms with Crippen molar-refractivity contribution in [2.45, 2.75) is 13.8 Å². The molecule has 1 N–H and O–H groups in total. The number of aliphatic hydroxyl groups excluding tert-OH is 1. The molecule has 1 aliphatic heterocycles. The van der Waals surface area contributed by atoms with Gasteiger partial charge in [-0.05, 0) is 65.7 Å². The number of aliphatic imine (C=N–C) groups is 1. The van der Waals surface area contributed by atoms with Gasteiger partial charge in [-0.3, -0.25) is 0 Å². The zero-order valence-electron chi connectivity index (χ0n) is 18.3. The van der Waals surface area contributed by atoms with Gasteiger partial charge in [0.1, 0.15) is 23.0 Å². The smallest absolute Gasteiger partial charge is 0.344 e. The number of hydrogen-bond acceptors (Lipinski definition) is 7. The molecule has 6 nitrogen and oxygen atoms in total. The van der Waals surface area contributed by atoms with Gasteiger partial charge in [-0.15, -0.1) is 0 Å². The Morgan fingerprint density at radius 3 is 2.61 bits per heavy atom. The Hall–Kier alpha value is -2.97. The maximum Gasteiger partial charge on any atom is 0.344 e. The van der Waals surface area contributed by atoms with Crippen LogP contribution in [0.4, 0.5) is 5.69 Å². The standard InChI is InChI=1S/C25H24BrNO5S/c1-4-12-32-23-18(26)13-16(14-19(23)30-5-2)15-20-22(28)21(25(29)31-6-3)24(33-20)27-17-10-8-7-9-11-17/h4,7-11,13-15,28H,1,5-6,12H2,2-3H3/b20-15-,27-24?. The number of rotatable bonds is 9. The summed E-state index contributed by atoms with van der Waals surface area (Å²) in [5, 5.41) is 11.3. The third-order valence-electron chi connectivity index (χ3n) is 4.33. The zero-order chi connectivity index (χ0) is 23.8. The maximum atomic E-state index is 12.6. The van der Waals surface area contributed by atoms with Crippen molar-refractivity contribution in [3.8, 4) is 11.5 Å². The van der Waals surface area contributed by atoms with Crippen LogP contribution in [0, 0.1) is 0 Å². The average molecular weight is 530 g/mol. The number of halogens is 1. The third kappa shape index (κ3) is 6.09. The number of carbonyl (C=O) groups is 1. The molecule has 0 spiro atoms. The van der Waals surface area contributed by atoms with Crippen LogP contribution < -0.4 is 9.47 Å². The SMILES string of the molecule is C=CCOc1c(Br)cc(/C=C2\SC(=Nc3ccccc3)C(C(=O)OCC)=C2O)cc1OCC. The van der Waals surface area contributed by atoms with Gasteiger partial charge in [0.15, 0.2) is 11.5 Å². The van der Waals surface area contributed by atoms with Crippen LogP contribution >= 0.6 is 27.7 Å². The number of carbonyl (C=O) groups excluding carboxylic acids is 1. The van der Waals surface area contributed by atoms with E-state index in [-0.39, 0.29) is 17.9 Å². The minimum Gasteiger partial charge on any atom is -0.506 e. The molecule has 2 aromatic carbocycles. The van der Waals surface area contributed by atoms with E-state index in [0.29, 0.717) is 44.8 Å². The molecule has 8 heteroatoms. The largest absolute Gasteiger partial charge is 0.506 e. The van der Waals surface area contributed by atoms with Crippen LogP contribution in [-0.2, 0) is 9.53 Å². The number of ether oxygens (including phenoxy) is 3. The quantitative estimate of drug-likeness (QED) is 0.291. The molecule has 1 aliphatic rings. The van der Waals surface area contributed by atoms with Crippen LogP contribution in [0.2, 0.25) is 0 Å². The fourth-order valence-electron chi connectivity index (χ4n) is 2.98. The van der Waals surface area contributed by atoms with Gasteiger partial charge in [-0.1, -0.05) is 42.6 Å². The number of thioether (sulfide) groups is 1. The lowest BCUT2D eigenvalue weighted by Crippen LogP contribution is -2.12. The van der Waals surface area contributed by atoms with Crippen LogP contribution in [0.1, 0.15) is 19.4 Å². The number of hydrogen-bond donors (Lipinski definition) is 1. The Labute approximate surface area is 205 Å². The van der Waals surface area contributed by atoms with Crippen molar-refractivity contribution in [3.63, 3.8) is 0 Å². The van der Waals surface area contributed by atoms with Gasteiger partial charge in [0.05, 0.1) is 28.3 Å². The molecule has 1 heterocycles. The van der Waals surface area contributed by atoms with Crippen LogP contribution in [0.15, 0.2) is 80.8 Å². The topological polar surface area (TPSA) is 77.4 Å². The lowest BCUT2D eigenvalue weighted by atomic mass is 10.1. The Bertz CT molecular complexity index is 1130. The third-order valence-corrected chi connectivity index (χ3v) is 5.94. The van der Waals surface area contributed by atoms with E-state index in [1.807, 2.05) is 49.4 Å². The minimum atomic E-state index is -0.620. The number of esters is 1. The van der Waals surface area contributed by atoms with E-state index in [4.69, 9.17) is 14.2 Å². The van der Waals surface area contributed by atoms with Gasteiger partial charge in [-0.2, -0.15) is 0 Å². The molecule has 0 radical (unpaired) electrons. The first-order valence-electron chi connectivity index (χ1n) is 10.3. The molecular formula is C25H24BrNO5S. The van der Waals surface area contributed by atoms with Crippen LogP contribution in [0.5, 0.6) is 11.5 Å². The summed E-state index contributed by atoms with van der Waals surface area (Å²) in [6, 6.07) is 12.9. The van der Waals surface area contributed by atoms with Crippen molar-refractivity contribution < 1.29 is 24.1 Å². The average Bonchev–Trinajstić information content (AvgIpc) is 3.09. The highest BCUT2D eigenvalue weighted by Crippen LogP contribution is 2.42. The van der Waals surface area contributed by atoms with Crippen LogP contribution in [0.3, 0.4) is 0 Å². The molecular weight excluding hydrogens is 506 g/mol. The zero-order valence-corrected chi connectivity index (χ0v) is 20.7. The molecule has 0 aromatic heterocycles. The van der Waals surface area contributed by atoms with Gasteiger partial charge >= 0.3 is 5.97 Å². The summed E-state index contributed by atoms with van der Waals surface area (Å²) in [5.41, 5.74) is 1.46. The fraction of sp³-hybridized carbons (Fsp3) is 0.200. The highest BCUT2D eigenvalue weighted by Gasteiger charge is 2.33. The number of para-hydroxylation sites is 1. The van der Waals surface area contributed by atoms with Crippen LogP contribution in [0.25, 0.3) is 6.08 Å². The van der Waals surface area contributed by atoms with E-state index in [9.17, 15) is 9.90 Å². The summed E-state index contributed by atoms with van der Waals surface area (Å²) >= 11 is 4.73. The number of nitrogens with zero attached hydrogens (tertiary/aromatic N) is 1. The first kappa shape index (κ1) is 24.7. The molecule has 172 valence electrons. The first-order valence-corrected chi connectivity index (χ1v) is 11.9. The Morgan fingerprint density at radius 1 is 1.18 bits per heavy atom. The van der Waals surface area contributed by atoms with E-state index >= 15 is 0 Å². The second-order valence-electron chi connectivity index (χ2n) is 6.67. The second kappa shape index (κ2) is 11.8. The maximum absolute atomic E-state index is 12.6. The summed E-state index contributed by atoms with van der Waals surface area (Å²) in [7, 11) is 0. The molecule has 0 bridgehead atoms. The Morgan fingerprint density at radius 2 is 1.94 bits per heavy atom. The summed E-state index contributed by atoms with van der Waals surface area (Å²) in [4.78, 5) is 17.6. The molecule has 0 unspecified atom stereocenters. The summed E-state index contributed by atoms with van der Waals surface area (Å²) < 4.78 is 17.3. The summed E-state index contributed by atoms with van der Waals surface area (Å²) in [6.45, 7) is 8.25. The second-order valence-corrected chi connectivity index (χ2v) is 8.55. The van der Waals surface area contributed by atoms with Gasteiger partial charge in [0, 0.05) is 0 Å². The monoisotopic (exact) mass is 529 g/mol. The molecule has 0 saturated carbocycles. The fourth-order valence-corrected chi connectivity index (χ4v) is 4.59. The highest BCUT2D eigenvalue weighted by molar-refractivity contribution is 9.10. The van der Waals surface area contributed by atoms with E-state index in [1.165, 1.54) is 11.8 Å². The van der Waals surface area contributed by atoms with Gasteiger partial charge in [0.2, 0.25) is 0 Å². The predicted molar refractivity (Wildman–Crippen MR) is 136 cm³/mol. The molecule has 0 fully saturated rings. The number of benzene rings is 2. The van der Waals surface area contributed by atoms with Crippen molar-refractivity contribution in [2.75, 3.05) is 19.8 Å². The highest BCUT2D eigenvalue weighted by atomic mass is 79.9. The van der Waals surface area contributed by atoms with Crippen molar-refractivity contribution in [2.24, 2.45) is 4.99 Å². The van der Waals surface area contributed by atoms with E-state index in [2.05, 4.69) is 27.5 Å². The summed E-state index contributed by atoms with van der Waals surface area (Å²) in [6.07, 6.45) is 3.41.